The molecule has 0 radical (unpaired) electrons. The van der Waals surface area contributed by atoms with Gasteiger partial charge in [0.05, 0.1) is 0 Å². The van der Waals surface area contributed by atoms with E-state index in [1.807, 2.05) is 24.3 Å². The lowest BCUT2D eigenvalue weighted by Gasteiger charge is -2.20. The zero-order chi connectivity index (χ0) is 16.2. The Hall–Kier alpha value is -2.04. The molecule has 0 fully saturated rings. The average molecular weight is 293 g/mol. The normalized spacial score (nSPS) is 14.1. The Kier molecular flexibility index (Phi) is 5.35. The van der Waals surface area contributed by atoms with E-state index in [2.05, 4.69) is 20.8 Å². The number of hydrogen-bond donors (Lipinski definition) is 1. The fourth-order valence-electron chi connectivity index (χ4n) is 1.61. The maximum absolute atomic E-state index is 11.7. The van der Waals surface area contributed by atoms with Crippen LogP contribution in [-0.2, 0) is 19.7 Å². The Morgan fingerprint density at radius 2 is 1.57 bits per heavy atom. The minimum Gasteiger partial charge on any atom is -0.479 e. The Bertz CT molecular complexity index is 502. The summed E-state index contributed by atoms with van der Waals surface area (Å²) >= 11 is 0. The first-order valence-electron chi connectivity index (χ1n) is 6.88. The molecule has 5 nitrogen and oxygen atoms in total. The quantitative estimate of drug-likeness (QED) is 0.844. The number of carbonyl (C=O) groups excluding carboxylic acids is 2. The van der Waals surface area contributed by atoms with Crippen LogP contribution in [0.25, 0.3) is 0 Å². The van der Waals surface area contributed by atoms with Gasteiger partial charge in [0.2, 0.25) is 0 Å². The molecule has 21 heavy (non-hydrogen) atoms. The molecule has 0 aromatic heterocycles. The molecule has 1 amide bonds. The largest absolute Gasteiger partial charge is 0.479 e. The molecule has 0 bridgehead atoms. The van der Waals surface area contributed by atoms with Crippen molar-refractivity contribution in [3.63, 3.8) is 0 Å². The van der Waals surface area contributed by atoms with Crippen LogP contribution in [-0.4, -0.2) is 24.1 Å². The predicted molar refractivity (Wildman–Crippen MR) is 80.0 cm³/mol. The molecule has 1 aromatic rings. The van der Waals surface area contributed by atoms with Crippen LogP contribution in [0.2, 0.25) is 0 Å². The van der Waals surface area contributed by atoms with E-state index >= 15 is 0 Å². The van der Waals surface area contributed by atoms with Crippen molar-refractivity contribution in [3.8, 4) is 5.75 Å². The second kappa shape index (κ2) is 6.61. The molecular weight excluding hydrogens is 270 g/mol. The molecular formula is C16H23NO4. The van der Waals surface area contributed by atoms with E-state index in [0.29, 0.717) is 5.75 Å². The van der Waals surface area contributed by atoms with E-state index in [1.165, 1.54) is 12.5 Å². The van der Waals surface area contributed by atoms with Gasteiger partial charge in [-0.15, -0.1) is 0 Å². The van der Waals surface area contributed by atoms with Crippen molar-refractivity contribution in [2.45, 2.75) is 52.2 Å². The summed E-state index contributed by atoms with van der Waals surface area (Å²) in [6.07, 6.45) is -1.78. The third-order valence-corrected chi connectivity index (χ3v) is 3.06. The van der Waals surface area contributed by atoms with E-state index in [1.54, 1.807) is 6.92 Å². The Morgan fingerprint density at radius 3 is 2.00 bits per heavy atom. The molecule has 2 atom stereocenters. The number of esters is 1. The molecule has 1 aromatic carbocycles. The number of rotatable bonds is 5. The van der Waals surface area contributed by atoms with Gasteiger partial charge in [-0.25, -0.2) is 4.79 Å². The van der Waals surface area contributed by atoms with Gasteiger partial charge in [-0.3, -0.25) is 4.79 Å². The second-order valence-electron chi connectivity index (χ2n) is 6.02. The summed E-state index contributed by atoms with van der Waals surface area (Å²) in [7, 11) is 0. The molecule has 1 rings (SSSR count). The van der Waals surface area contributed by atoms with Crippen molar-refractivity contribution in [1.82, 2.24) is 0 Å². The summed E-state index contributed by atoms with van der Waals surface area (Å²) in [4.78, 5) is 22.6. The molecule has 0 heterocycles. The molecule has 0 unspecified atom stereocenters. The number of nitrogens with two attached hydrogens (primary N) is 1. The minimum atomic E-state index is -0.966. The standard InChI is InChI=1S/C16H23NO4/c1-10(14(17)18)21-15(19)11(2)20-13-8-6-12(7-9-13)16(3,4)5/h6-11H,1-5H3,(H2,17,18)/t10-,11+/m1/s1. The maximum atomic E-state index is 11.7. The van der Waals surface area contributed by atoms with Gasteiger partial charge in [0.15, 0.2) is 12.2 Å². The number of primary amides is 1. The molecule has 0 spiro atoms. The SMILES string of the molecule is C[C@H](Oc1ccc(C(C)(C)C)cc1)C(=O)O[C@H](C)C(N)=O. The van der Waals surface area contributed by atoms with Gasteiger partial charge in [-0.1, -0.05) is 32.9 Å². The smallest absolute Gasteiger partial charge is 0.347 e. The van der Waals surface area contributed by atoms with E-state index in [9.17, 15) is 9.59 Å². The minimum absolute atomic E-state index is 0.0556. The van der Waals surface area contributed by atoms with Crippen molar-refractivity contribution >= 4 is 11.9 Å². The van der Waals surface area contributed by atoms with Crippen LogP contribution >= 0.6 is 0 Å². The van der Waals surface area contributed by atoms with Crippen LogP contribution < -0.4 is 10.5 Å². The van der Waals surface area contributed by atoms with Crippen molar-refractivity contribution in [2.24, 2.45) is 5.73 Å². The Labute approximate surface area is 125 Å². The first-order chi connectivity index (χ1) is 9.61. The van der Waals surface area contributed by atoms with E-state index in [4.69, 9.17) is 15.2 Å². The van der Waals surface area contributed by atoms with Crippen molar-refractivity contribution in [3.05, 3.63) is 29.8 Å². The highest BCUT2D eigenvalue weighted by Crippen LogP contribution is 2.24. The topological polar surface area (TPSA) is 78.6 Å². The lowest BCUT2D eigenvalue weighted by molar-refractivity contribution is -0.159. The van der Waals surface area contributed by atoms with Crippen molar-refractivity contribution < 1.29 is 19.1 Å². The Balaban J connectivity index is 2.64. The van der Waals surface area contributed by atoms with Gasteiger partial charge in [0, 0.05) is 0 Å². The summed E-state index contributed by atoms with van der Waals surface area (Å²) in [6.45, 7) is 9.34. The van der Waals surface area contributed by atoms with Gasteiger partial charge in [-0.05, 0) is 37.0 Å². The highest BCUT2D eigenvalue weighted by molar-refractivity contribution is 5.83. The first kappa shape index (κ1) is 17.0. The maximum Gasteiger partial charge on any atom is 0.347 e. The average Bonchev–Trinajstić information content (AvgIpc) is 2.37. The summed E-state index contributed by atoms with van der Waals surface area (Å²) in [5, 5.41) is 0. The monoisotopic (exact) mass is 293 g/mol. The number of amides is 1. The molecule has 5 heteroatoms. The Morgan fingerprint density at radius 1 is 1.05 bits per heavy atom. The highest BCUT2D eigenvalue weighted by Gasteiger charge is 2.22. The zero-order valence-electron chi connectivity index (χ0n) is 13.2. The molecule has 0 aliphatic heterocycles. The number of ether oxygens (including phenoxy) is 2. The van der Waals surface area contributed by atoms with Gasteiger partial charge >= 0.3 is 5.97 Å². The van der Waals surface area contributed by atoms with Crippen LogP contribution in [0.3, 0.4) is 0 Å². The van der Waals surface area contributed by atoms with Gasteiger partial charge in [0.1, 0.15) is 5.75 Å². The van der Waals surface area contributed by atoms with Crippen molar-refractivity contribution in [2.75, 3.05) is 0 Å². The molecule has 0 saturated heterocycles. The summed E-state index contributed by atoms with van der Waals surface area (Å²) in [6, 6.07) is 7.53. The van der Waals surface area contributed by atoms with Crippen LogP contribution in [0, 0.1) is 0 Å². The highest BCUT2D eigenvalue weighted by atomic mass is 16.6. The summed E-state index contributed by atoms with van der Waals surface area (Å²) in [5.41, 5.74) is 6.27. The number of hydrogen-bond acceptors (Lipinski definition) is 4. The van der Waals surface area contributed by atoms with Crippen LogP contribution in [0.4, 0.5) is 0 Å². The summed E-state index contributed by atoms with van der Waals surface area (Å²) in [5.74, 6) is -0.745. The molecule has 116 valence electrons. The zero-order valence-corrected chi connectivity index (χ0v) is 13.2. The fourth-order valence-corrected chi connectivity index (χ4v) is 1.61. The fraction of sp³-hybridized carbons (Fsp3) is 0.500. The predicted octanol–water partition coefficient (Wildman–Crippen LogP) is 2.17. The number of carbonyl (C=O) groups is 2. The first-order valence-corrected chi connectivity index (χ1v) is 6.88. The van der Waals surface area contributed by atoms with Gasteiger partial charge in [0.25, 0.3) is 5.91 Å². The lowest BCUT2D eigenvalue weighted by atomic mass is 9.87. The molecule has 2 N–H and O–H groups in total. The molecule has 0 aliphatic rings. The van der Waals surface area contributed by atoms with Crippen LogP contribution in [0.5, 0.6) is 5.75 Å². The van der Waals surface area contributed by atoms with E-state index in [-0.39, 0.29) is 5.41 Å². The third-order valence-electron chi connectivity index (χ3n) is 3.06. The second-order valence-corrected chi connectivity index (χ2v) is 6.02. The summed E-state index contributed by atoms with van der Waals surface area (Å²) < 4.78 is 10.4. The lowest BCUT2D eigenvalue weighted by Crippen LogP contribution is -2.35. The van der Waals surface area contributed by atoms with E-state index in [0.717, 1.165) is 0 Å². The van der Waals surface area contributed by atoms with Crippen molar-refractivity contribution in [1.29, 1.82) is 0 Å². The van der Waals surface area contributed by atoms with E-state index < -0.39 is 24.1 Å². The van der Waals surface area contributed by atoms with Crippen LogP contribution in [0.15, 0.2) is 24.3 Å². The molecule has 0 aliphatic carbocycles. The number of benzene rings is 1. The third kappa shape index (κ3) is 5.10. The molecule has 0 saturated carbocycles. The van der Waals surface area contributed by atoms with Gasteiger partial charge < -0.3 is 15.2 Å². The van der Waals surface area contributed by atoms with Crippen LogP contribution in [0.1, 0.15) is 40.2 Å². The van der Waals surface area contributed by atoms with Gasteiger partial charge in [-0.2, -0.15) is 0 Å².